The Labute approximate surface area is 156 Å². The molecular weight excluding hydrogens is 324 g/mol. The number of rotatable bonds is 7. The molecule has 2 aromatic carbocycles. The molecule has 1 aliphatic rings. The summed E-state index contributed by atoms with van der Waals surface area (Å²) in [6, 6.07) is 16.1. The molecule has 1 N–H and O–H groups in total. The molecule has 3 rings (SSSR count). The highest BCUT2D eigenvalue weighted by Crippen LogP contribution is 2.27. The Morgan fingerprint density at radius 3 is 2.46 bits per heavy atom. The minimum absolute atomic E-state index is 0.0529. The molecule has 0 aliphatic heterocycles. The number of benzene rings is 2. The Balaban J connectivity index is 1.61. The Bertz CT molecular complexity index is 721. The van der Waals surface area contributed by atoms with Crippen molar-refractivity contribution in [2.75, 3.05) is 14.1 Å². The molecule has 0 aromatic heterocycles. The van der Waals surface area contributed by atoms with Gasteiger partial charge in [-0.25, -0.2) is 0 Å². The number of carbonyl (C=O) groups excluding carboxylic acids is 1. The minimum atomic E-state index is -0.0529. The standard InChI is InChI=1S/C22H28N2O2/c1-23-22(25)18-13-11-17(12-14-18)15-24(2)16-19-7-3-6-10-21(19)26-20-8-4-5-9-20/h3,6-7,10-14,20H,4-5,8-9,15-16H2,1-2H3,(H,23,25). The average molecular weight is 352 g/mol. The van der Waals surface area contributed by atoms with Crippen LogP contribution in [0, 0.1) is 0 Å². The zero-order chi connectivity index (χ0) is 18.4. The van der Waals surface area contributed by atoms with Crippen LogP contribution in [0.15, 0.2) is 48.5 Å². The first kappa shape index (κ1) is 18.5. The summed E-state index contributed by atoms with van der Waals surface area (Å²) in [5.74, 6) is 0.962. The van der Waals surface area contributed by atoms with Crippen molar-refractivity contribution in [3.8, 4) is 5.75 Å². The molecule has 26 heavy (non-hydrogen) atoms. The van der Waals surface area contributed by atoms with E-state index < -0.39 is 0 Å². The Kier molecular flexibility index (Phi) is 6.29. The van der Waals surface area contributed by atoms with Crippen LogP contribution in [0.5, 0.6) is 5.75 Å². The second kappa shape index (κ2) is 8.86. The summed E-state index contributed by atoms with van der Waals surface area (Å²) in [6.45, 7) is 1.66. The summed E-state index contributed by atoms with van der Waals surface area (Å²) in [5.41, 5.74) is 3.10. The number of hydrogen-bond acceptors (Lipinski definition) is 3. The number of nitrogens with one attached hydrogen (secondary N) is 1. The third-order valence-electron chi connectivity index (χ3n) is 4.90. The molecule has 2 aromatic rings. The van der Waals surface area contributed by atoms with Gasteiger partial charge < -0.3 is 10.1 Å². The highest BCUT2D eigenvalue weighted by molar-refractivity contribution is 5.93. The van der Waals surface area contributed by atoms with Crippen LogP contribution in [0.3, 0.4) is 0 Å². The number of carbonyl (C=O) groups is 1. The molecule has 0 bridgehead atoms. The summed E-state index contributed by atoms with van der Waals surface area (Å²) in [5, 5.41) is 2.65. The molecule has 138 valence electrons. The maximum absolute atomic E-state index is 11.6. The lowest BCUT2D eigenvalue weighted by atomic mass is 10.1. The van der Waals surface area contributed by atoms with Gasteiger partial charge in [0.1, 0.15) is 5.75 Å². The van der Waals surface area contributed by atoms with Gasteiger partial charge in [0.25, 0.3) is 5.91 Å². The highest BCUT2D eigenvalue weighted by Gasteiger charge is 2.18. The summed E-state index contributed by atoms with van der Waals surface area (Å²) in [4.78, 5) is 13.9. The van der Waals surface area contributed by atoms with E-state index in [1.165, 1.54) is 36.8 Å². The van der Waals surface area contributed by atoms with Crippen LogP contribution in [-0.2, 0) is 13.1 Å². The summed E-state index contributed by atoms with van der Waals surface area (Å²) in [7, 11) is 3.76. The molecule has 1 amide bonds. The molecule has 1 aliphatic carbocycles. The van der Waals surface area contributed by atoms with Crippen molar-refractivity contribution in [2.24, 2.45) is 0 Å². The minimum Gasteiger partial charge on any atom is -0.490 e. The van der Waals surface area contributed by atoms with E-state index in [9.17, 15) is 4.79 Å². The zero-order valence-corrected chi connectivity index (χ0v) is 15.7. The number of ether oxygens (including phenoxy) is 1. The molecule has 0 unspecified atom stereocenters. The SMILES string of the molecule is CNC(=O)c1ccc(CN(C)Cc2ccccc2OC2CCCC2)cc1. The molecule has 0 atom stereocenters. The van der Waals surface area contributed by atoms with Gasteiger partial charge >= 0.3 is 0 Å². The van der Waals surface area contributed by atoms with Gasteiger partial charge in [-0.3, -0.25) is 9.69 Å². The molecule has 4 heteroatoms. The average Bonchev–Trinajstić information content (AvgIpc) is 3.16. The first-order valence-electron chi connectivity index (χ1n) is 9.40. The predicted octanol–water partition coefficient (Wildman–Crippen LogP) is 4.00. The first-order chi connectivity index (χ1) is 12.7. The second-order valence-corrected chi connectivity index (χ2v) is 7.08. The number of para-hydroxylation sites is 1. The largest absolute Gasteiger partial charge is 0.490 e. The third kappa shape index (κ3) is 4.85. The maximum Gasteiger partial charge on any atom is 0.251 e. The van der Waals surface area contributed by atoms with Crippen LogP contribution in [-0.4, -0.2) is 31.0 Å². The Morgan fingerprint density at radius 1 is 1.08 bits per heavy atom. The summed E-state index contributed by atoms with van der Waals surface area (Å²) < 4.78 is 6.24. The van der Waals surface area contributed by atoms with E-state index in [0.717, 1.165) is 18.8 Å². The lowest BCUT2D eigenvalue weighted by Gasteiger charge is -2.21. The van der Waals surface area contributed by atoms with Crippen LogP contribution in [0.2, 0.25) is 0 Å². The lowest BCUT2D eigenvalue weighted by molar-refractivity contribution is 0.0963. The second-order valence-electron chi connectivity index (χ2n) is 7.08. The molecule has 0 spiro atoms. The number of hydrogen-bond donors (Lipinski definition) is 1. The fraction of sp³-hybridized carbons (Fsp3) is 0.409. The molecule has 0 heterocycles. The smallest absolute Gasteiger partial charge is 0.251 e. The quantitative estimate of drug-likeness (QED) is 0.819. The van der Waals surface area contributed by atoms with Crippen molar-refractivity contribution in [3.63, 3.8) is 0 Å². The van der Waals surface area contributed by atoms with Crippen LogP contribution in [0.4, 0.5) is 0 Å². The van der Waals surface area contributed by atoms with Gasteiger partial charge in [-0.2, -0.15) is 0 Å². The van der Waals surface area contributed by atoms with E-state index in [4.69, 9.17) is 4.74 Å². The topological polar surface area (TPSA) is 41.6 Å². The van der Waals surface area contributed by atoms with E-state index in [1.807, 2.05) is 30.3 Å². The molecule has 1 fully saturated rings. The van der Waals surface area contributed by atoms with Crippen molar-refractivity contribution in [1.82, 2.24) is 10.2 Å². The monoisotopic (exact) mass is 352 g/mol. The molecule has 1 saturated carbocycles. The van der Waals surface area contributed by atoms with E-state index >= 15 is 0 Å². The molecular formula is C22H28N2O2. The number of nitrogens with zero attached hydrogens (tertiary/aromatic N) is 1. The van der Waals surface area contributed by atoms with Gasteiger partial charge in [0.2, 0.25) is 0 Å². The van der Waals surface area contributed by atoms with E-state index in [1.54, 1.807) is 7.05 Å². The maximum atomic E-state index is 11.6. The van der Waals surface area contributed by atoms with Gasteiger partial charge in [-0.15, -0.1) is 0 Å². The normalized spacial score (nSPS) is 14.6. The van der Waals surface area contributed by atoms with Crippen molar-refractivity contribution >= 4 is 5.91 Å². The summed E-state index contributed by atoms with van der Waals surface area (Å²) in [6.07, 6.45) is 5.26. The molecule has 0 radical (unpaired) electrons. The van der Waals surface area contributed by atoms with Crippen LogP contribution < -0.4 is 10.1 Å². The van der Waals surface area contributed by atoms with Gasteiger partial charge in [-0.05, 0) is 56.5 Å². The van der Waals surface area contributed by atoms with E-state index in [-0.39, 0.29) is 5.91 Å². The summed E-state index contributed by atoms with van der Waals surface area (Å²) >= 11 is 0. The van der Waals surface area contributed by atoms with E-state index in [2.05, 4.69) is 35.5 Å². The van der Waals surface area contributed by atoms with Crippen molar-refractivity contribution in [2.45, 2.75) is 44.9 Å². The van der Waals surface area contributed by atoms with Crippen LogP contribution in [0.1, 0.15) is 47.2 Å². The molecule has 0 saturated heterocycles. The third-order valence-corrected chi connectivity index (χ3v) is 4.90. The van der Waals surface area contributed by atoms with Gasteiger partial charge in [0.05, 0.1) is 6.10 Å². The van der Waals surface area contributed by atoms with Crippen molar-refractivity contribution in [1.29, 1.82) is 0 Å². The molecule has 4 nitrogen and oxygen atoms in total. The predicted molar refractivity (Wildman–Crippen MR) is 104 cm³/mol. The highest BCUT2D eigenvalue weighted by atomic mass is 16.5. The Morgan fingerprint density at radius 2 is 1.77 bits per heavy atom. The fourth-order valence-corrected chi connectivity index (χ4v) is 3.50. The van der Waals surface area contributed by atoms with Crippen LogP contribution >= 0.6 is 0 Å². The van der Waals surface area contributed by atoms with E-state index in [0.29, 0.717) is 11.7 Å². The van der Waals surface area contributed by atoms with Crippen LogP contribution in [0.25, 0.3) is 0 Å². The van der Waals surface area contributed by atoms with Gasteiger partial charge in [0, 0.05) is 31.3 Å². The van der Waals surface area contributed by atoms with Gasteiger partial charge in [-0.1, -0.05) is 30.3 Å². The number of amides is 1. The van der Waals surface area contributed by atoms with Crippen molar-refractivity contribution < 1.29 is 9.53 Å². The zero-order valence-electron chi connectivity index (χ0n) is 15.7. The Hall–Kier alpha value is -2.33. The lowest BCUT2D eigenvalue weighted by Crippen LogP contribution is -2.20. The fourth-order valence-electron chi connectivity index (χ4n) is 3.50. The van der Waals surface area contributed by atoms with Crippen molar-refractivity contribution in [3.05, 3.63) is 65.2 Å². The van der Waals surface area contributed by atoms with Gasteiger partial charge in [0.15, 0.2) is 0 Å². The first-order valence-corrected chi connectivity index (χ1v) is 9.40.